The Bertz CT molecular complexity index is 1070. The fourth-order valence-electron chi connectivity index (χ4n) is 2.90. The van der Waals surface area contributed by atoms with Crippen LogP contribution in [-0.4, -0.2) is 15.2 Å². The summed E-state index contributed by atoms with van der Waals surface area (Å²) in [7, 11) is 0. The lowest BCUT2D eigenvalue weighted by molar-refractivity contribution is 0.955. The summed E-state index contributed by atoms with van der Waals surface area (Å²) in [5.41, 5.74) is 6.90. The number of thiazole rings is 1. The van der Waals surface area contributed by atoms with E-state index in [-0.39, 0.29) is 0 Å². The van der Waals surface area contributed by atoms with Gasteiger partial charge in [-0.25, -0.2) is 4.98 Å². The number of aromatic nitrogens is 3. The second-order valence-electron chi connectivity index (χ2n) is 6.35. The highest BCUT2D eigenvalue weighted by Gasteiger charge is 2.16. The van der Waals surface area contributed by atoms with Crippen molar-refractivity contribution in [3.63, 3.8) is 0 Å². The molecule has 0 spiro atoms. The van der Waals surface area contributed by atoms with E-state index in [1.165, 1.54) is 16.7 Å². The van der Waals surface area contributed by atoms with Crippen LogP contribution in [-0.2, 0) is 5.75 Å². The van der Waals surface area contributed by atoms with Crippen LogP contribution in [0.4, 0.5) is 0 Å². The lowest BCUT2D eigenvalue weighted by atomic mass is 10.1. The second kappa shape index (κ2) is 7.17. The minimum atomic E-state index is 0.874. The molecule has 0 aliphatic rings. The lowest BCUT2D eigenvalue weighted by Gasteiger charge is -2.08. The van der Waals surface area contributed by atoms with Crippen LogP contribution in [0.5, 0.6) is 0 Å². The molecule has 0 aliphatic carbocycles. The molecule has 0 aliphatic heterocycles. The summed E-state index contributed by atoms with van der Waals surface area (Å²) in [6.07, 6.45) is 0. The van der Waals surface area contributed by atoms with Crippen molar-refractivity contribution >= 4 is 33.3 Å². The Balaban J connectivity index is 1.72. The number of fused-ring (bicyclic) bond motifs is 1. The molecular formula is C21H19N3S2. The Labute approximate surface area is 161 Å². The van der Waals surface area contributed by atoms with Gasteiger partial charge in [0.15, 0.2) is 0 Å². The largest absolute Gasteiger partial charge is 0.238 e. The van der Waals surface area contributed by atoms with Gasteiger partial charge in [-0.1, -0.05) is 65.9 Å². The number of aryl methyl sites for hydroxylation is 3. The predicted molar refractivity (Wildman–Crippen MR) is 111 cm³/mol. The van der Waals surface area contributed by atoms with E-state index in [0.29, 0.717) is 0 Å². The summed E-state index contributed by atoms with van der Waals surface area (Å²) in [4.78, 5) is 4.75. The van der Waals surface area contributed by atoms with Crippen molar-refractivity contribution < 1.29 is 0 Å². The van der Waals surface area contributed by atoms with E-state index in [2.05, 4.69) is 54.4 Å². The van der Waals surface area contributed by atoms with Crippen LogP contribution in [0, 0.1) is 20.8 Å². The molecule has 0 radical (unpaired) electrons. The predicted octanol–water partition coefficient (Wildman–Crippen LogP) is 5.97. The van der Waals surface area contributed by atoms with Gasteiger partial charge >= 0.3 is 0 Å². The van der Waals surface area contributed by atoms with Crippen LogP contribution in [0.2, 0.25) is 0 Å². The molecule has 0 amide bonds. The Kier molecular flexibility index (Phi) is 4.74. The number of hydrogen-bond donors (Lipinski definition) is 0. The van der Waals surface area contributed by atoms with Crippen LogP contribution in [0.25, 0.3) is 21.5 Å². The Morgan fingerprint density at radius 2 is 1.77 bits per heavy atom. The molecule has 0 N–H and O–H groups in total. The van der Waals surface area contributed by atoms with Gasteiger partial charge in [-0.2, -0.15) is 0 Å². The standard InChI is InChI=1S/C21H19N3S2/c1-13-9-10-14(2)17(11-13)12-25-21-19-20(26-15(3)22-19)18(23-24-21)16-7-5-4-6-8-16/h4-11H,12H2,1-3H3. The molecule has 2 aromatic heterocycles. The van der Waals surface area contributed by atoms with Crippen molar-refractivity contribution in [1.82, 2.24) is 15.2 Å². The number of thioether (sulfide) groups is 1. The smallest absolute Gasteiger partial charge is 0.146 e. The minimum absolute atomic E-state index is 0.874. The summed E-state index contributed by atoms with van der Waals surface area (Å²) < 4.78 is 1.12. The summed E-state index contributed by atoms with van der Waals surface area (Å²) in [5, 5.41) is 11.0. The first kappa shape index (κ1) is 17.2. The third kappa shape index (κ3) is 3.37. The van der Waals surface area contributed by atoms with Crippen LogP contribution in [0.3, 0.4) is 0 Å². The zero-order valence-corrected chi connectivity index (χ0v) is 16.6. The molecule has 0 saturated heterocycles. The zero-order valence-electron chi connectivity index (χ0n) is 15.0. The van der Waals surface area contributed by atoms with Gasteiger partial charge in [-0.05, 0) is 31.9 Å². The summed E-state index contributed by atoms with van der Waals surface area (Å²) >= 11 is 3.40. The lowest BCUT2D eigenvalue weighted by Crippen LogP contribution is -1.94. The van der Waals surface area contributed by atoms with Crippen LogP contribution in [0.1, 0.15) is 21.7 Å². The number of rotatable bonds is 4. The van der Waals surface area contributed by atoms with Gasteiger partial charge in [0.25, 0.3) is 0 Å². The molecule has 2 aromatic carbocycles. The molecule has 5 heteroatoms. The summed E-state index contributed by atoms with van der Waals surface area (Å²) in [6.45, 7) is 6.32. The highest BCUT2D eigenvalue weighted by Crippen LogP contribution is 2.36. The molecule has 0 fully saturated rings. The van der Waals surface area contributed by atoms with Gasteiger partial charge in [-0.15, -0.1) is 21.5 Å². The highest BCUT2D eigenvalue weighted by molar-refractivity contribution is 7.98. The first-order chi connectivity index (χ1) is 12.6. The summed E-state index contributed by atoms with van der Waals surface area (Å²) in [6, 6.07) is 16.8. The molecule has 0 saturated carbocycles. The maximum Gasteiger partial charge on any atom is 0.146 e. The molecule has 0 bridgehead atoms. The maximum atomic E-state index is 4.75. The second-order valence-corrected chi connectivity index (χ2v) is 8.52. The fraction of sp³-hybridized carbons (Fsp3) is 0.190. The third-order valence-electron chi connectivity index (χ3n) is 4.31. The minimum Gasteiger partial charge on any atom is -0.238 e. The van der Waals surface area contributed by atoms with E-state index >= 15 is 0 Å². The molecule has 0 atom stereocenters. The van der Waals surface area contributed by atoms with Crippen molar-refractivity contribution in [2.45, 2.75) is 31.6 Å². The maximum absolute atomic E-state index is 4.75. The first-order valence-electron chi connectivity index (χ1n) is 8.50. The Hall–Kier alpha value is -2.24. The quantitative estimate of drug-likeness (QED) is 0.411. The molecule has 2 heterocycles. The molecule has 4 rings (SSSR count). The van der Waals surface area contributed by atoms with E-state index < -0.39 is 0 Å². The van der Waals surface area contributed by atoms with Gasteiger partial charge in [0.1, 0.15) is 16.2 Å². The molecule has 0 unspecified atom stereocenters. The van der Waals surface area contributed by atoms with Gasteiger partial charge in [-0.3, -0.25) is 0 Å². The average Bonchev–Trinajstić information content (AvgIpc) is 3.04. The molecule has 26 heavy (non-hydrogen) atoms. The average molecular weight is 378 g/mol. The van der Waals surface area contributed by atoms with Gasteiger partial charge in [0.2, 0.25) is 0 Å². The zero-order chi connectivity index (χ0) is 18.1. The first-order valence-corrected chi connectivity index (χ1v) is 10.3. The van der Waals surface area contributed by atoms with Gasteiger partial charge < -0.3 is 0 Å². The number of benzene rings is 2. The molecule has 130 valence electrons. The van der Waals surface area contributed by atoms with E-state index in [9.17, 15) is 0 Å². The number of hydrogen-bond acceptors (Lipinski definition) is 5. The Morgan fingerprint density at radius 3 is 2.58 bits per heavy atom. The van der Waals surface area contributed by atoms with E-state index in [4.69, 9.17) is 4.98 Å². The Morgan fingerprint density at radius 1 is 0.962 bits per heavy atom. The fourth-order valence-corrected chi connectivity index (χ4v) is 4.88. The van der Waals surface area contributed by atoms with Gasteiger partial charge in [0.05, 0.1) is 9.71 Å². The molecular weight excluding hydrogens is 358 g/mol. The molecule has 3 nitrogen and oxygen atoms in total. The van der Waals surface area contributed by atoms with Crippen LogP contribution in [0.15, 0.2) is 53.6 Å². The molecule has 4 aromatic rings. The normalized spacial score (nSPS) is 11.2. The third-order valence-corrected chi connectivity index (χ3v) is 6.29. The number of nitrogens with zero attached hydrogens (tertiary/aromatic N) is 3. The van der Waals surface area contributed by atoms with Crippen LogP contribution < -0.4 is 0 Å². The van der Waals surface area contributed by atoms with Crippen molar-refractivity contribution in [2.24, 2.45) is 0 Å². The van der Waals surface area contributed by atoms with Crippen molar-refractivity contribution in [1.29, 1.82) is 0 Å². The van der Waals surface area contributed by atoms with E-state index in [1.54, 1.807) is 23.1 Å². The topological polar surface area (TPSA) is 38.7 Å². The summed E-state index contributed by atoms with van der Waals surface area (Å²) in [5.74, 6) is 0.874. The SMILES string of the molecule is Cc1ccc(C)c(CSc2nnc(-c3ccccc3)c3sc(C)nc23)c1. The van der Waals surface area contributed by atoms with Crippen molar-refractivity contribution in [2.75, 3.05) is 0 Å². The van der Waals surface area contributed by atoms with Crippen LogP contribution >= 0.6 is 23.1 Å². The van der Waals surface area contributed by atoms with Crippen molar-refractivity contribution in [3.8, 4) is 11.3 Å². The van der Waals surface area contributed by atoms with Gasteiger partial charge in [0, 0.05) is 11.3 Å². The van der Waals surface area contributed by atoms with E-state index in [0.717, 1.165) is 37.3 Å². The van der Waals surface area contributed by atoms with E-state index in [1.807, 2.05) is 25.1 Å². The van der Waals surface area contributed by atoms with Crippen molar-refractivity contribution in [3.05, 3.63) is 70.2 Å². The highest BCUT2D eigenvalue weighted by atomic mass is 32.2. The monoisotopic (exact) mass is 377 g/mol.